The first-order valence-electron chi connectivity index (χ1n) is 6.36. The van der Waals surface area contributed by atoms with Crippen molar-refractivity contribution in [2.24, 2.45) is 0 Å². The number of rotatable bonds is 8. The summed E-state index contributed by atoms with van der Waals surface area (Å²) in [5, 5.41) is 11.4. The van der Waals surface area contributed by atoms with Crippen LogP contribution in [0.3, 0.4) is 0 Å². The zero-order valence-electron chi connectivity index (χ0n) is 11.6. The van der Waals surface area contributed by atoms with Crippen molar-refractivity contribution in [3.63, 3.8) is 0 Å². The third kappa shape index (κ3) is 4.79. The molecule has 6 nitrogen and oxygen atoms in total. The van der Waals surface area contributed by atoms with Gasteiger partial charge in [-0.05, 0) is 18.6 Å². The van der Waals surface area contributed by atoms with Gasteiger partial charge in [0.05, 0.1) is 7.11 Å². The van der Waals surface area contributed by atoms with E-state index < -0.39 is 17.9 Å². The molecule has 2 N–H and O–H groups in total. The Hall–Kier alpha value is -2.24. The lowest BCUT2D eigenvalue weighted by Crippen LogP contribution is -2.42. The number of carboxylic acid groups (broad SMARTS) is 1. The molecule has 1 unspecified atom stereocenters. The zero-order valence-corrected chi connectivity index (χ0v) is 11.6. The molecule has 0 spiro atoms. The van der Waals surface area contributed by atoms with Crippen LogP contribution in [0, 0.1) is 0 Å². The Labute approximate surface area is 117 Å². The molecule has 1 aromatic rings. The minimum Gasteiger partial charge on any atom is -0.493 e. The predicted molar refractivity (Wildman–Crippen MR) is 73.0 cm³/mol. The van der Waals surface area contributed by atoms with E-state index in [1.54, 1.807) is 24.3 Å². The quantitative estimate of drug-likeness (QED) is 0.753. The third-order valence-electron chi connectivity index (χ3n) is 2.64. The lowest BCUT2D eigenvalue weighted by molar-refractivity contribution is -0.142. The maximum Gasteiger partial charge on any atom is 0.326 e. The third-order valence-corrected chi connectivity index (χ3v) is 2.64. The van der Waals surface area contributed by atoms with E-state index in [2.05, 4.69) is 5.32 Å². The topological polar surface area (TPSA) is 84.9 Å². The molecule has 1 aromatic carbocycles. The largest absolute Gasteiger partial charge is 0.493 e. The fourth-order valence-electron chi connectivity index (χ4n) is 1.66. The van der Waals surface area contributed by atoms with Gasteiger partial charge in [0.2, 0.25) is 0 Å². The molecule has 0 aromatic heterocycles. The summed E-state index contributed by atoms with van der Waals surface area (Å²) in [4.78, 5) is 22.6. The van der Waals surface area contributed by atoms with E-state index in [4.69, 9.17) is 14.6 Å². The number of carbonyl (C=O) groups excluding carboxylic acids is 1. The van der Waals surface area contributed by atoms with Crippen LogP contribution in [0.15, 0.2) is 24.3 Å². The Bertz CT molecular complexity index is 461. The molecule has 1 rings (SSSR count). The number of carbonyl (C=O) groups is 2. The first-order chi connectivity index (χ1) is 9.58. The summed E-state index contributed by atoms with van der Waals surface area (Å²) in [5.41, 5.74) is 0. The predicted octanol–water partition coefficient (Wildman–Crippen LogP) is 1.44. The average Bonchev–Trinajstić information content (AvgIpc) is 2.44. The number of ether oxygens (including phenoxy) is 2. The van der Waals surface area contributed by atoms with Crippen molar-refractivity contribution in [3.05, 3.63) is 24.3 Å². The molecule has 0 fully saturated rings. The van der Waals surface area contributed by atoms with Gasteiger partial charge in [-0.3, -0.25) is 4.79 Å². The first-order valence-corrected chi connectivity index (χ1v) is 6.36. The molecular weight excluding hydrogens is 262 g/mol. The average molecular weight is 281 g/mol. The number of hydrogen-bond acceptors (Lipinski definition) is 4. The Morgan fingerprint density at radius 1 is 1.30 bits per heavy atom. The number of nitrogens with one attached hydrogen (secondary N) is 1. The summed E-state index contributed by atoms with van der Waals surface area (Å²) >= 11 is 0. The maximum atomic E-state index is 11.7. The monoisotopic (exact) mass is 281 g/mol. The molecule has 0 saturated carbocycles. The van der Waals surface area contributed by atoms with Gasteiger partial charge in [-0.2, -0.15) is 0 Å². The second-order valence-electron chi connectivity index (χ2n) is 4.19. The normalized spacial score (nSPS) is 11.5. The van der Waals surface area contributed by atoms with Gasteiger partial charge in [-0.15, -0.1) is 0 Å². The molecule has 1 atom stereocenters. The Kier molecular flexibility index (Phi) is 6.36. The van der Waals surface area contributed by atoms with Gasteiger partial charge in [-0.1, -0.05) is 25.5 Å². The van der Waals surface area contributed by atoms with Crippen LogP contribution in [0.1, 0.15) is 19.8 Å². The molecule has 0 bridgehead atoms. The van der Waals surface area contributed by atoms with Crippen molar-refractivity contribution in [1.82, 2.24) is 5.32 Å². The van der Waals surface area contributed by atoms with Crippen LogP contribution in [-0.2, 0) is 9.59 Å². The van der Waals surface area contributed by atoms with E-state index >= 15 is 0 Å². The van der Waals surface area contributed by atoms with Crippen molar-refractivity contribution < 1.29 is 24.2 Å². The van der Waals surface area contributed by atoms with Crippen LogP contribution >= 0.6 is 0 Å². The summed E-state index contributed by atoms with van der Waals surface area (Å²) < 4.78 is 10.4. The highest BCUT2D eigenvalue weighted by Crippen LogP contribution is 2.25. The van der Waals surface area contributed by atoms with Crippen LogP contribution in [0.2, 0.25) is 0 Å². The maximum absolute atomic E-state index is 11.7. The van der Waals surface area contributed by atoms with Gasteiger partial charge in [0.1, 0.15) is 6.04 Å². The summed E-state index contributed by atoms with van der Waals surface area (Å²) in [6.45, 7) is 1.60. The van der Waals surface area contributed by atoms with Crippen molar-refractivity contribution in [2.75, 3.05) is 13.7 Å². The van der Waals surface area contributed by atoms with E-state index in [-0.39, 0.29) is 6.61 Å². The van der Waals surface area contributed by atoms with Crippen molar-refractivity contribution in [3.8, 4) is 11.5 Å². The van der Waals surface area contributed by atoms with E-state index in [0.717, 1.165) is 0 Å². The molecule has 0 radical (unpaired) electrons. The number of methoxy groups -OCH3 is 1. The Morgan fingerprint density at radius 2 is 1.95 bits per heavy atom. The molecule has 1 amide bonds. The van der Waals surface area contributed by atoms with Gasteiger partial charge < -0.3 is 19.9 Å². The Morgan fingerprint density at radius 3 is 2.50 bits per heavy atom. The first kappa shape index (κ1) is 15.8. The van der Waals surface area contributed by atoms with E-state index in [1.807, 2.05) is 6.92 Å². The van der Waals surface area contributed by atoms with Crippen LogP contribution < -0.4 is 14.8 Å². The number of hydrogen-bond donors (Lipinski definition) is 2. The number of carboxylic acids is 1. The van der Waals surface area contributed by atoms with Crippen LogP contribution in [0.25, 0.3) is 0 Å². The molecule has 0 aliphatic rings. The van der Waals surface area contributed by atoms with Crippen molar-refractivity contribution >= 4 is 11.9 Å². The minimum atomic E-state index is -1.04. The van der Waals surface area contributed by atoms with Crippen LogP contribution in [0.4, 0.5) is 0 Å². The number of para-hydroxylation sites is 2. The van der Waals surface area contributed by atoms with Crippen molar-refractivity contribution in [1.29, 1.82) is 0 Å². The summed E-state index contributed by atoms with van der Waals surface area (Å²) in [6.07, 6.45) is 1.06. The smallest absolute Gasteiger partial charge is 0.326 e. The minimum absolute atomic E-state index is 0.256. The molecule has 0 aliphatic carbocycles. The fourth-order valence-corrected chi connectivity index (χ4v) is 1.66. The molecule has 6 heteroatoms. The molecule has 0 aliphatic heterocycles. The number of aliphatic carboxylic acids is 1. The molecule has 110 valence electrons. The lowest BCUT2D eigenvalue weighted by Gasteiger charge is -2.14. The van der Waals surface area contributed by atoms with E-state index in [1.165, 1.54) is 7.11 Å². The second kappa shape index (κ2) is 8.04. The van der Waals surface area contributed by atoms with E-state index in [0.29, 0.717) is 24.3 Å². The highest BCUT2D eigenvalue weighted by atomic mass is 16.5. The molecule has 20 heavy (non-hydrogen) atoms. The zero-order chi connectivity index (χ0) is 15.0. The standard InChI is InChI=1S/C14H19NO5/c1-3-6-10(14(17)18)15-13(16)9-20-12-8-5-4-7-11(12)19-2/h4-5,7-8,10H,3,6,9H2,1-2H3,(H,15,16)(H,17,18). The molecule has 0 heterocycles. The van der Waals surface area contributed by atoms with Gasteiger partial charge >= 0.3 is 5.97 Å². The summed E-state index contributed by atoms with van der Waals surface area (Å²) in [5.74, 6) is -0.564. The highest BCUT2D eigenvalue weighted by molar-refractivity contribution is 5.84. The van der Waals surface area contributed by atoms with Gasteiger partial charge in [-0.25, -0.2) is 4.79 Å². The van der Waals surface area contributed by atoms with Gasteiger partial charge in [0.15, 0.2) is 18.1 Å². The Balaban J connectivity index is 2.52. The summed E-state index contributed by atoms with van der Waals surface area (Å²) in [6, 6.07) is 6.05. The molecule has 0 saturated heterocycles. The highest BCUT2D eigenvalue weighted by Gasteiger charge is 2.19. The lowest BCUT2D eigenvalue weighted by atomic mass is 10.2. The number of benzene rings is 1. The van der Waals surface area contributed by atoms with Crippen LogP contribution in [0.5, 0.6) is 11.5 Å². The SMILES string of the molecule is CCCC(NC(=O)COc1ccccc1OC)C(=O)O. The second-order valence-corrected chi connectivity index (χ2v) is 4.19. The van der Waals surface area contributed by atoms with Gasteiger partial charge in [0.25, 0.3) is 5.91 Å². The van der Waals surface area contributed by atoms with E-state index in [9.17, 15) is 9.59 Å². The van der Waals surface area contributed by atoms with Crippen molar-refractivity contribution in [2.45, 2.75) is 25.8 Å². The van der Waals surface area contributed by atoms with Crippen LogP contribution in [-0.4, -0.2) is 36.7 Å². The fraction of sp³-hybridized carbons (Fsp3) is 0.429. The number of amides is 1. The summed E-state index contributed by atoms with van der Waals surface area (Å²) in [7, 11) is 1.50. The molecular formula is C14H19NO5. The van der Waals surface area contributed by atoms with Gasteiger partial charge in [0, 0.05) is 0 Å².